The molecule has 0 radical (unpaired) electrons. The van der Waals surface area contributed by atoms with Gasteiger partial charge in [0.15, 0.2) is 0 Å². The summed E-state index contributed by atoms with van der Waals surface area (Å²) in [5, 5.41) is 0. The zero-order valence-electron chi connectivity index (χ0n) is 9.01. The second kappa shape index (κ2) is 7.57. The van der Waals surface area contributed by atoms with E-state index in [0.29, 0.717) is 0 Å². The molecule has 0 spiro atoms. The molecule has 76 valence electrons. The van der Waals surface area contributed by atoms with Gasteiger partial charge in [-0.05, 0) is 12.5 Å². The summed E-state index contributed by atoms with van der Waals surface area (Å²) in [6.45, 7) is 2.00. The summed E-state index contributed by atoms with van der Waals surface area (Å²) in [6.07, 6.45) is 16.2. The van der Waals surface area contributed by atoms with E-state index in [-0.39, 0.29) is 0 Å². The van der Waals surface area contributed by atoms with Gasteiger partial charge < -0.3 is 0 Å². The third-order valence-electron chi connectivity index (χ3n) is 1.84. The van der Waals surface area contributed by atoms with Crippen LogP contribution >= 0.6 is 0 Å². The van der Waals surface area contributed by atoms with Crippen molar-refractivity contribution in [2.75, 3.05) is 0 Å². The minimum absolute atomic E-state index is 1.22. The van der Waals surface area contributed by atoms with Crippen molar-refractivity contribution in [3.05, 3.63) is 78.4 Å². The van der Waals surface area contributed by atoms with E-state index in [1.807, 2.05) is 67.7 Å². The Kier molecular flexibility index (Phi) is 5.68. The van der Waals surface area contributed by atoms with E-state index in [9.17, 15) is 0 Å². The van der Waals surface area contributed by atoms with Crippen molar-refractivity contribution in [3.63, 3.8) is 0 Å². The van der Waals surface area contributed by atoms with E-state index < -0.39 is 0 Å². The molecule has 15 heavy (non-hydrogen) atoms. The van der Waals surface area contributed by atoms with Crippen molar-refractivity contribution in [2.45, 2.75) is 6.92 Å². The van der Waals surface area contributed by atoms with E-state index in [1.165, 1.54) is 5.56 Å². The maximum atomic E-state index is 2.08. The first-order chi connectivity index (χ1) is 7.43. The predicted octanol–water partition coefficient (Wildman–Crippen LogP) is 4.39. The van der Waals surface area contributed by atoms with Gasteiger partial charge in [0.05, 0.1) is 0 Å². The van der Waals surface area contributed by atoms with E-state index in [2.05, 4.69) is 18.2 Å². The van der Waals surface area contributed by atoms with Crippen LogP contribution in [-0.2, 0) is 0 Å². The lowest BCUT2D eigenvalue weighted by Gasteiger charge is -1.87. The van der Waals surface area contributed by atoms with Gasteiger partial charge in [-0.2, -0.15) is 0 Å². The molecule has 0 fully saturated rings. The van der Waals surface area contributed by atoms with Crippen molar-refractivity contribution in [1.82, 2.24) is 0 Å². The Morgan fingerprint density at radius 1 is 0.733 bits per heavy atom. The van der Waals surface area contributed by atoms with Crippen molar-refractivity contribution >= 4 is 6.08 Å². The monoisotopic (exact) mass is 196 g/mol. The predicted molar refractivity (Wildman–Crippen MR) is 68.6 cm³/mol. The quantitative estimate of drug-likeness (QED) is 0.626. The fourth-order valence-corrected chi connectivity index (χ4v) is 1.10. The molecule has 1 aromatic rings. The molecule has 0 heterocycles. The summed E-state index contributed by atoms with van der Waals surface area (Å²) in [7, 11) is 0. The molecular formula is C15H16. The summed E-state index contributed by atoms with van der Waals surface area (Å²) < 4.78 is 0. The Morgan fingerprint density at radius 3 is 2.00 bits per heavy atom. The number of benzene rings is 1. The lowest BCUT2D eigenvalue weighted by atomic mass is 10.2. The van der Waals surface area contributed by atoms with Crippen molar-refractivity contribution in [3.8, 4) is 0 Å². The standard InChI is InChI=1S/C15H16/c1-2-3-4-5-6-7-9-12-15-13-10-8-11-14-15/h2-14H,1H3/b3-2+,5-4+,7-6+,12-9+. The highest BCUT2D eigenvalue weighted by atomic mass is 13.8. The summed E-state index contributed by atoms with van der Waals surface area (Å²) in [5.74, 6) is 0. The molecule has 0 bridgehead atoms. The molecule has 0 aliphatic carbocycles. The third kappa shape index (κ3) is 5.48. The highest BCUT2D eigenvalue weighted by molar-refractivity contribution is 5.50. The molecule has 1 aromatic carbocycles. The van der Waals surface area contributed by atoms with Crippen LogP contribution in [0.2, 0.25) is 0 Å². The minimum Gasteiger partial charge on any atom is -0.0877 e. The number of rotatable bonds is 4. The molecule has 0 N–H and O–H groups in total. The summed E-state index contributed by atoms with van der Waals surface area (Å²) >= 11 is 0. The average molecular weight is 196 g/mol. The molecule has 0 aliphatic heterocycles. The van der Waals surface area contributed by atoms with Crippen LogP contribution in [0.4, 0.5) is 0 Å². The lowest BCUT2D eigenvalue weighted by Crippen LogP contribution is -1.66. The van der Waals surface area contributed by atoms with Crippen LogP contribution in [-0.4, -0.2) is 0 Å². The molecule has 0 nitrogen and oxygen atoms in total. The first-order valence-electron chi connectivity index (χ1n) is 5.11. The maximum absolute atomic E-state index is 2.08. The molecule has 0 saturated carbocycles. The van der Waals surface area contributed by atoms with Gasteiger partial charge >= 0.3 is 0 Å². The van der Waals surface area contributed by atoms with Crippen LogP contribution in [0.5, 0.6) is 0 Å². The fourth-order valence-electron chi connectivity index (χ4n) is 1.10. The second-order valence-electron chi connectivity index (χ2n) is 3.07. The summed E-state index contributed by atoms with van der Waals surface area (Å²) in [4.78, 5) is 0. The van der Waals surface area contributed by atoms with Gasteiger partial charge in [0, 0.05) is 0 Å². The van der Waals surface area contributed by atoms with E-state index in [0.717, 1.165) is 0 Å². The minimum atomic E-state index is 1.22. The van der Waals surface area contributed by atoms with Crippen LogP contribution in [0, 0.1) is 0 Å². The Balaban J connectivity index is 2.40. The molecule has 0 unspecified atom stereocenters. The van der Waals surface area contributed by atoms with E-state index in [4.69, 9.17) is 0 Å². The number of allylic oxidation sites excluding steroid dienone is 7. The number of hydrogen-bond acceptors (Lipinski definition) is 0. The van der Waals surface area contributed by atoms with Crippen molar-refractivity contribution in [1.29, 1.82) is 0 Å². The smallest absolute Gasteiger partial charge is 0.0257 e. The third-order valence-corrected chi connectivity index (χ3v) is 1.84. The van der Waals surface area contributed by atoms with Crippen LogP contribution in [0.1, 0.15) is 12.5 Å². The molecule has 0 aromatic heterocycles. The van der Waals surface area contributed by atoms with Gasteiger partial charge in [-0.25, -0.2) is 0 Å². The molecule has 0 heteroatoms. The van der Waals surface area contributed by atoms with Gasteiger partial charge in [0.1, 0.15) is 0 Å². The van der Waals surface area contributed by atoms with Crippen LogP contribution < -0.4 is 0 Å². The van der Waals surface area contributed by atoms with Gasteiger partial charge in [-0.3, -0.25) is 0 Å². The van der Waals surface area contributed by atoms with Crippen LogP contribution in [0.3, 0.4) is 0 Å². The van der Waals surface area contributed by atoms with Gasteiger partial charge in [0.25, 0.3) is 0 Å². The first kappa shape index (κ1) is 11.3. The van der Waals surface area contributed by atoms with Crippen molar-refractivity contribution < 1.29 is 0 Å². The van der Waals surface area contributed by atoms with E-state index in [1.54, 1.807) is 0 Å². The highest BCUT2D eigenvalue weighted by Crippen LogP contribution is 2.00. The lowest BCUT2D eigenvalue weighted by molar-refractivity contribution is 1.66. The largest absolute Gasteiger partial charge is 0.0877 e. The SMILES string of the molecule is C/C=C/C=C/C=C/C=C/c1ccccc1. The van der Waals surface area contributed by atoms with Crippen LogP contribution in [0.25, 0.3) is 6.08 Å². The maximum Gasteiger partial charge on any atom is -0.0257 e. The average Bonchev–Trinajstić information content (AvgIpc) is 2.29. The summed E-state index contributed by atoms with van der Waals surface area (Å²) in [5.41, 5.74) is 1.22. The van der Waals surface area contributed by atoms with E-state index >= 15 is 0 Å². The molecular weight excluding hydrogens is 180 g/mol. The Morgan fingerprint density at radius 2 is 1.33 bits per heavy atom. The van der Waals surface area contributed by atoms with Crippen molar-refractivity contribution in [2.24, 2.45) is 0 Å². The van der Waals surface area contributed by atoms with Gasteiger partial charge in [-0.15, -0.1) is 0 Å². The van der Waals surface area contributed by atoms with Crippen LogP contribution in [0.15, 0.2) is 72.9 Å². The van der Waals surface area contributed by atoms with Gasteiger partial charge in [-0.1, -0.05) is 78.9 Å². The zero-order chi connectivity index (χ0) is 10.8. The normalized spacial score (nSPS) is 12.6. The molecule has 0 atom stereocenters. The zero-order valence-corrected chi connectivity index (χ0v) is 9.01. The Labute approximate surface area is 92.0 Å². The number of hydrogen-bond donors (Lipinski definition) is 0. The fraction of sp³-hybridized carbons (Fsp3) is 0.0667. The summed E-state index contributed by atoms with van der Waals surface area (Å²) in [6, 6.07) is 10.3. The Hall–Kier alpha value is -1.82. The first-order valence-corrected chi connectivity index (χ1v) is 5.11. The second-order valence-corrected chi connectivity index (χ2v) is 3.07. The highest BCUT2D eigenvalue weighted by Gasteiger charge is 1.78. The molecule has 1 rings (SSSR count). The molecule has 0 amide bonds. The Bertz CT molecular complexity index is 364. The topological polar surface area (TPSA) is 0 Å². The molecule has 0 aliphatic rings. The van der Waals surface area contributed by atoms with Gasteiger partial charge in [0.2, 0.25) is 0 Å². The molecule has 0 saturated heterocycles.